The number of nitrogens with one attached hydrogen (secondary N) is 2. The van der Waals surface area contributed by atoms with Crippen LogP contribution >= 0.6 is 11.8 Å². The van der Waals surface area contributed by atoms with E-state index in [2.05, 4.69) is 27.4 Å². The lowest BCUT2D eigenvalue weighted by molar-refractivity contribution is -0.129. The number of H-pyrrole nitrogens is 1. The van der Waals surface area contributed by atoms with Gasteiger partial charge in [-0.25, -0.2) is 9.37 Å². The molecule has 1 aliphatic rings. The number of nitrogens with two attached hydrogens (primary N) is 1. The summed E-state index contributed by atoms with van der Waals surface area (Å²) in [6, 6.07) is 15.2. The first kappa shape index (κ1) is 24.5. The summed E-state index contributed by atoms with van der Waals surface area (Å²) in [5.41, 5.74) is 6.54. The summed E-state index contributed by atoms with van der Waals surface area (Å²) in [7, 11) is 0. The van der Waals surface area contributed by atoms with Crippen molar-refractivity contribution < 1.29 is 14.0 Å². The number of hydrogen-bond acceptors (Lipinski definition) is 6. The molecule has 0 bridgehead atoms. The van der Waals surface area contributed by atoms with Gasteiger partial charge in [0.05, 0.1) is 5.75 Å². The first-order chi connectivity index (χ1) is 16.9. The number of hydrogen-bond donors (Lipinski definition) is 3. The molecule has 4 rings (SSSR count). The number of carbonyl (C=O) groups excluding carboxylic acids is 2. The van der Waals surface area contributed by atoms with Crippen molar-refractivity contribution in [3.05, 3.63) is 81.9 Å². The highest BCUT2D eigenvalue weighted by atomic mass is 32.2. The molecular formula is C25H26FN5O3S. The van der Waals surface area contributed by atoms with Gasteiger partial charge in [-0.05, 0) is 55.0 Å². The van der Waals surface area contributed by atoms with Gasteiger partial charge < -0.3 is 16.0 Å². The molecule has 0 saturated carbocycles. The van der Waals surface area contributed by atoms with E-state index in [0.29, 0.717) is 19.0 Å². The van der Waals surface area contributed by atoms with Gasteiger partial charge in [-0.1, -0.05) is 42.1 Å². The van der Waals surface area contributed by atoms with Crippen LogP contribution < -0.4 is 16.6 Å². The second-order valence-electron chi connectivity index (χ2n) is 8.39. The van der Waals surface area contributed by atoms with Crippen LogP contribution in [0.1, 0.15) is 28.8 Å². The lowest BCUT2D eigenvalue weighted by Crippen LogP contribution is -2.39. The van der Waals surface area contributed by atoms with Crippen LogP contribution in [0.5, 0.6) is 0 Å². The van der Waals surface area contributed by atoms with E-state index in [-0.39, 0.29) is 33.9 Å². The number of halogens is 1. The number of nitrogen functional groups attached to an aromatic ring is 1. The molecule has 182 valence electrons. The standard InChI is InChI=1S/C25H26FN5O3S/c26-19-8-6-18(7-9-19)23(33)28-21-22(27)29-25(30-24(21)34)35-15-20(32)31-12-10-17(11-13-31)14-16-4-2-1-3-5-16/h1-9,17H,10-15H2,(H,28,33)(H3,27,29,30,34). The molecule has 0 atom stereocenters. The van der Waals surface area contributed by atoms with Crippen LogP contribution in [0.4, 0.5) is 15.9 Å². The first-order valence-electron chi connectivity index (χ1n) is 11.3. The van der Waals surface area contributed by atoms with Crippen LogP contribution in [0, 0.1) is 11.7 Å². The Morgan fingerprint density at radius 3 is 2.46 bits per heavy atom. The zero-order valence-corrected chi connectivity index (χ0v) is 19.8. The van der Waals surface area contributed by atoms with Gasteiger partial charge in [-0.15, -0.1) is 0 Å². The summed E-state index contributed by atoms with van der Waals surface area (Å²) in [5, 5.41) is 2.60. The van der Waals surface area contributed by atoms with Crippen molar-refractivity contribution in [1.29, 1.82) is 0 Å². The van der Waals surface area contributed by atoms with Crippen LogP contribution in [0.25, 0.3) is 0 Å². The highest BCUT2D eigenvalue weighted by Gasteiger charge is 2.23. The number of rotatable bonds is 7. The van der Waals surface area contributed by atoms with Gasteiger partial charge in [0.1, 0.15) is 11.5 Å². The highest BCUT2D eigenvalue weighted by Crippen LogP contribution is 2.23. The van der Waals surface area contributed by atoms with Crippen molar-refractivity contribution in [3.8, 4) is 0 Å². The number of aromatic nitrogens is 2. The van der Waals surface area contributed by atoms with Crippen molar-refractivity contribution in [3.63, 3.8) is 0 Å². The molecule has 10 heteroatoms. The molecule has 1 aromatic heterocycles. The number of aromatic amines is 1. The average Bonchev–Trinajstić information content (AvgIpc) is 2.86. The molecule has 2 amide bonds. The second-order valence-corrected chi connectivity index (χ2v) is 9.36. The van der Waals surface area contributed by atoms with E-state index in [4.69, 9.17) is 5.73 Å². The van der Waals surface area contributed by atoms with Crippen LogP contribution in [0.3, 0.4) is 0 Å². The van der Waals surface area contributed by atoms with Crippen molar-refractivity contribution in [2.24, 2.45) is 5.92 Å². The largest absolute Gasteiger partial charge is 0.382 e. The summed E-state index contributed by atoms with van der Waals surface area (Å²) < 4.78 is 13.0. The van der Waals surface area contributed by atoms with E-state index >= 15 is 0 Å². The van der Waals surface area contributed by atoms with Gasteiger partial charge in [0.2, 0.25) is 5.91 Å². The third-order valence-corrected chi connectivity index (χ3v) is 6.80. The summed E-state index contributed by atoms with van der Waals surface area (Å²) in [4.78, 5) is 45.9. The summed E-state index contributed by atoms with van der Waals surface area (Å²) >= 11 is 1.09. The molecule has 0 spiro atoms. The number of anilines is 2. The first-order valence-corrected chi connectivity index (χ1v) is 12.3. The highest BCUT2D eigenvalue weighted by molar-refractivity contribution is 7.99. The fourth-order valence-corrected chi connectivity index (χ4v) is 4.77. The second kappa shape index (κ2) is 11.2. The quantitative estimate of drug-likeness (QED) is 0.342. The van der Waals surface area contributed by atoms with Crippen LogP contribution in [0.15, 0.2) is 64.5 Å². The molecule has 0 unspecified atom stereocenters. The van der Waals surface area contributed by atoms with E-state index in [1.54, 1.807) is 0 Å². The van der Waals surface area contributed by atoms with Gasteiger partial charge in [0.15, 0.2) is 11.0 Å². The molecule has 8 nitrogen and oxygen atoms in total. The van der Waals surface area contributed by atoms with E-state index in [1.165, 1.54) is 17.7 Å². The lowest BCUT2D eigenvalue weighted by Gasteiger charge is -2.32. The molecule has 3 aromatic rings. The van der Waals surface area contributed by atoms with Crippen LogP contribution in [-0.2, 0) is 11.2 Å². The zero-order chi connectivity index (χ0) is 24.8. The molecule has 2 aromatic carbocycles. The molecular weight excluding hydrogens is 469 g/mol. The maximum absolute atomic E-state index is 13.0. The molecule has 0 radical (unpaired) electrons. The SMILES string of the molecule is Nc1nc(SCC(=O)N2CCC(Cc3ccccc3)CC2)[nH]c(=O)c1NC(=O)c1ccc(F)cc1. The molecule has 4 N–H and O–H groups in total. The molecule has 35 heavy (non-hydrogen) atoms. The Kier molecular flexibility index (Phi) is 7.81. The fourth-order valence-electron chi connectivity index (χ4n) is 4.00. The number of carbonyl (C=O) groups is 2. The van der Waals surface area contributed by atoms with Crippen molar-refractivity contribution in [1.82, 2.24) is 14.9 Å². The molecule has 1 aliphatic heterocycles. The third-order valence-electron chi connectivity index (χ3n) is 5.94. The number of piperidine rings is 1. The number of nitrogens with zero attached hydrogens (tertiary/aromatic N) is 2. The number of benzene rings is 2. The average molecular weight is 496 g/mol. The maximum Gasteiger partial charge on any atom is 0.277 e. The maximum atomic E-state index is 13.0. The summed E-state index contributed by atoms with van der Waals surface area (Å²) in [6.45, 7) is 1.41. The Hall–Kier alpha value is -3.66. The molecule has 2 heterocycles. The molecule has 1 saturated heterocycles. The summed E-state index contributed by atoms with van der Waals surface area (Å²) in [6.07, 6.45) is 2.93. The van der Waals surface area contributed by atoms with Gasteiger partial charge in [-0.2, -0.15) is 0 Å². The van der Waals surface area contributed by atoms with Gasteiger partial charge in [0.25, 0.3) is 11.5 Å². The number of amides is 2. The Bertz CT molecular complexity index is 1240. The van der Waals surface area contributed by atoms with Gasteiger partial charge in [0, 0.05) is 18.7 Å². The molecule has 1 fully saturated rings. The van der Waals surface area contributed by atoms with Crippen molar-refractivity contribution in [2.75, 3.05) is 29.9 Å². The summed E-state index contributed by atoms with van der Waals surface area (Å²) in [5.74, 6) is -0.607. The fraction of sp³-hybridized carbons (Fsp3) is 0.280. The minimum absolute atomic E-state index is 0.0249. The Balaban J connectivity index is 1.29. The Morgan fingerprint density at radius 1 is 1.11 bits per heavy atom. The minimum Gasteiger partial charge on any atom is -0.382 e. The smallest absolute Gasteiger partial charge is 0.277 e. The Labute approximate surface area is 206 Å². The van der Waals surface area contributed by atoms with E-state index in [0.717, 1.165) is 43.2 Å². The monoisotopic (exact) mass is 495 g/mol. The predicted octanol–water partition coefficient (Wildman–Crippen LogP) is 3.32. The van der Waals surface area contributed by atoms with Crippen LogP contribution in [-0.4, -0.2) is 45.5 Å². The van der Waals surface area contributed by atoms with Crippen LogP contribution in [0.2, 0.25) is 0 Å². The van der Waals surface area contributed by atoms with Crippen molar-refractivity contribution in [2.45, 2.75) is 24.4 Å². The predicted molar refractivity (Wildman–Crippen MR) is 134 cm³/mol. The third kappa shape index (κ3) is 6.48. The minimum atomic E-state index is -0.635. The van der Waals surface area contributed by atoms with E-state index in [9.17, 15) is 18.8 Å². The number of thioether (sulfide) groups is 1. The zero-order valence-electron chi connectivity index (χ0n) is 19.0. The normalized spacial score (nSPS) is 14.0. The number of likely N-dealkylation sites (tertiary alicyclic amines) is 1. The molecule has 0 aliphatic carbocycles. The van der Waals surface area contributed by atoms with E-state index in [1.807, 2.05) is 23.1 Å². The van der Waals surface area contributed by atoms with E-state index < -0.39 is 17.3 Å². The lowest BCUT2D eigenvalue weighted by atomic mass is 9.90. The topological polar surface area (TPSA) is 121 Å². The van der Waals surface area contributed by atoms with Crippen molar-refractivity contribution >= 4 is 35.1 Å². The van der Waals surface area contributed by atoms with Gasteiger partial charge >= 0.3 is 0 Å². The van der Waals surface area contributed by atoms with Gasteiger partial charge in [-0.3, -0.25) is 19.4 Å². The Morgan fingerprint density at radius 2 is 1.80 bits per heavy atom.